The molecule has 0 atom stereocenters. The van der Waals surface area contributed by atoms with Crippen LogP contribution in [0.1, 0.15) is 5.56 Å². The fourth-order valence-electron chi connectivity index (χ4n) is 2.29. The minimum atomic E-state index is -0.746. The number of nitrogens with one attached hydrogen (secondary N) is 1. The average molecular weight is 463 g/mol. The number of hydrogen-bond donors (Lipinski definition) is 2. The monoisotopic (exact) mass is 463 g/mol. The van der Waals surface area contributed by atoms with E-state index in [4.69, 9.17) is 4.74 Å². The number of benzene rings is 2. The third-order valence-electron chi connectivity index (χ3n) is 3.62. The molecule has 0 aliphatic heterocycles. The number of hydrogen-bond acceptors (Lipinski definition) is 5. The van der Waals surface area contributed by atoms with Gasteiger partial charge in [0.25, 0.3) is 5.56 Å². The SMILES string of the molecule is COc1ccc(-n2c(O)c(C=Nc3ccc(I)cc3)c(=O)[nH]c2=O)cc1. The van der Waals surface area contributed by atoms with Crippen LogP contribution in [0.4, 0.5) is 5.69 Å². The number of ether oxygens (including phenoxy) is 1. The maximum absolute atomic E-state index is 12.2. The van der Waals surface area contributed by atoms with E-state index in [1.807, 2.05) is 12.1 Å². The van der Waals surface area contributed by atoms with Crippen LogP contribution in [-0.2, 0) is 0 Å². The highest BCUT2D eigenvalue weighted by Crippen LogP contribution is 2.19. The number of nitrogens with zero attached hydrogens (tertiary/aromatic N) is 2. The molecule has 1 aromatic heterocycles. The third-order valence-corrected chi connectivity index (χ3v) is 4.34. The van der Waals surface area contributed by atoms with E-state index in [1.54, 1.807) is 36.4 Å². The lowest BCUT2D eigenvalue weighted by atomic mass is 10.2. The lowest BCUT2D eigenvalue weighted by molar-refractivity contribution is 0.414. The number of H-pyrrole nitrogens is 1. The number of methoxy groups -OCH3 is 1. The van der Waals surface area contributed by atoms with Crippen molar-refractivity contribution in [2.45, 2.75) is 0 Å². The predicted molar refractivity (Wildman–Crippen MR) is 107 cm³/mol. The normalized spacial score (nSPS) is 11.0. The molecule has 0 unspecified atom stereocenters. The molecule has 1 heterocycles. The van der Waals surface area contributed by atoms with Crippen molar-refractivity contribution in [3.05, 3.63) is 78.5 Å². The van der Waals surface area contributed by atoms with Gasteiger partial charge < -0.3 is 9.84 Å². The summed E-state index contributed by atoms with van der Waals surface area (Å²) in [5.74, 6) is 0.115. The van der Waals surface area contributed by atoms with Crippen molar-refractivity contribution >= 4 is 34.5 Å². The van der Waals surface area contributed by atoms with Crippen LogP contribution in [0.3, 0.4) is 0 Å². The van der Waals surface area contributed by atoms with Crippen LogP contribution in [-0.4, -0.2) is 28.0 Å². The van der Waals surface area contributed by atoms with E-state index in [2.05, 4.69) is 32.6 Å². The fraction of sp³-hybridized carbons (Fsp3) is 0.0556. The van der Waals surface area contributed by atoms with Gasteiger partial charge in [-0.15, -0.1) is 0 Å². The summed E-state index contributed by atoms with van der Waals surface area (Å²) in [6.07, 6.45) is 1.23. The summed E-state index contributed by atoms with van der Waals surface area (Å²) in [7, 11) is 1.53. The van der Waals surface area contributed by atoms with Gasteiger partial charge in [0.1, 0.15) is 11.3 Å². The van der Waals surface area contributed by atoms with Crippen molar-refractivity contribution in [2.75, 3.05) is 7.11 Å². The van der Waals surface area contributed by atoms with E-state index in [0.29, 0.717) is 17.1 Å². The summed E-state index contributed by atoms with van der Waals surface area (Å²) < 4.78 is 7.12. The molecule has 26 heavy (non-hydrogen) atoms. The number of aromatic nitrogens is 2. The molecule has 2 aromatic carbocycles. The van der Waals surface area contributed by atoms with Gasteiger partial charge in [-0.3, -0.25) is 14.8 Å². The highest BCUT2D eigenvalue weighted by Gasteiger charge is 2.14. The highest BCUT2D eigenvalue weighted by molar-refractivity contribution is 14.1. The Morgan fingerprint density at radius 2 is 1.77 bits per heavy atom. The van der Waals surface area contributed by atoms with Crippen LogP contribution in [0.25, 0.3) is 5.69 Å². The first-order valence-electron chi connectivity index (χ1n) is 7.52. The number of aromatic hydroxyl groups is 1. The van der Waals surface area contributed by atoms with Gasteiger partial charge in [0.05, 0.1) is 18.5 Å². The van der Waals surface area contributed by atoms with E-state index in [9.17, 15) is 14.7 Å². The zero-order chi connectivity index (χ0) is 18.7. The molecule has 0 radical (unpaired) electrons. The predicted octanol–water partition coefficient (Wildman–Crippen LogP) is 2.60. The van der Waals surface area contributed by atoms with Gasteiger partial charge in [-0.2, -0.15) is 0 Å². The Labute approximate surface area is 161 Å². The molecule has 3 rings (SSSR count). The van der Waals surface area contributed by atoms with Crippen LogP contribution in [0, 0.1) is 3.57 Å². The first-order chi connectivity index (χ1) is 12.5. The second-order valence-electron chi connectivity index (χ2n) is 5.26. The Kier molecular flexibility index (Phi) is 5.21. The van der Waals surface area contributed by atoms with Crippen LogP contribution >= 0.6 is 22.6 Å². The Balaban J connectivity index is 2.07. The Morgan fingerprint density at radius 3 is 2.38 bits per heavy atom. The van der Waals surface area contributed by atoms with Crippen LogP contribution < -0.4 is 16.0 Å². The summed E-state index contributed by atoms with van der Waals surface area (Å²) in [5, 5.41) is 10.5. The Bertz CT molecular complexity index is 1070. The van der Waals surface area contributed by atoms with Gasteiger partial charge in [0.2, 0.25) is 5.88 Å². The molecule has 3 aromatic rings. The van der Waals surface area contributed by atoms with E-state index in [1.165, 1.54) is 13.3 Å². The standard InChI is InChI=1S/C18H14IN3O4/c1-26-14-8-6-13(7-9-14)22-17(24)15(16(23)21-18(22)25)10-20-12-4-2-11(19)3-5-12/h2-10,24H,1H3,(H,21,23,25). The zero-order valence-corrected chi connectivity index (χ0v) is 15.8. The Morgan fingerprint density at radius 1 is 1.12 bits per heavy atom. The van der Waals surface area contributed by atoms with E-state index in [-0.39, 0.29) is 5.56 Å². The summed E-state index contributed by atoms with van der Waals surface area (Å²) in [5.41, 5.74) is -0.575. The molecule has 0 bridgehead atoms. The average Bonchev–Trinajstić information content (AvgIpc) is 2.63. The molecule has 7 nitrogen and oxygen atoms in total. The lowest BCUT2D eigenvalue weighted by Crippen LogP contribution is -2.31. The number of halogens is 1. The molecular weight excluding hydrogens is 449 g/mol. The van der Waals surface area contributed by atoms with Gasteiger partial charge >= 0.3 is 5.69 Å². The van der Waals surface area contributed by atoms with Gasteiger partial charge in [-0.25, -0.2) is 9.36 Å². The molecule has 0 spiro atoms. The molecule has 0 saturated carbocycles. The molecule has 0 aliphatic carbocycles. The van der Waals surface area contributed by atoms with E-state index < -0.39 is 17.1 Å². The summed E-state index contributed by atoms with van der Waals surface area (Å²) in [4.78, 5) is 30.6. The quantitative estimate of drug-likeness (QED) is 0.460. The smallest absolute Gasteiger partial charge is 0.335 e. The van der Waals surface area contributed by atoms with Crippen molar-refractivity contribution in [3.8, 4) is 17.3 Å². The lowest BCUT2D eigenvalue weighted by Gasteiger charge is -2.10. The maximum atomic E-state index is 12.2. The molecule has 132 valence electrons. The van der Waals surface area contributed by atoms with Crippen molar-refractivity contribution < 1.29 is 9.84 Å². The van der Waals surface area contributed by atoms with Crippen molar-refractivity contribution in [1.82, 2.24) is 9.55 Å². The van der Waals surface area contributed by atoms with Crippen molar-refractivity contribution in [3.63, 3.8) is 0 Å². The first-order valence-corrected chi connectivity index (χ1v) is 8.60. The third kappa shape index (κ3) is 3.69. The minimum absolute atomic E-state index is 0.112. The minimum Gasteiger partial charge on any atom is -0.497 e. The van der Waals surface area contributed by atoms with E-state index in [0.717, 1.165) is 8.14 Å². The second kappa shape index (κ2) is 7.56. The zero-order valence-electron chi connectivity index (χ0n) is 13.6. The van der Waals surface area contributed by atoms with Crippen LogP contribution in [0.5, 0.6) is 11.6 Å². The molecular formula is C18H14IN3O4. The topological polar surface area (TPSA) is 96.7 Å². The molecule has 0 aliphatic rings. The van der Waals surface area contributed by atoms with Crippen molar-refractivity contribution in [1.29, 1.82) is 0 Å². The second-order valence-corrected chi connectivity index (χ2v) is 6.51. The molecule has 0 saturated heterocycles. The Hall–Kier alpha value is -2.88. The van der Waals surface area contributed by atoms with Gasteiger partial charge in [-0.1, -0.05) is 0 Å². The van der Waals surface area contributed by atoms with Gasteiger partial charge in [0, 0.05) is 9.78 Å². The molecule has 0 amide bonds. The van der Waals surface area contributed by atoms with Crippen molar-refractivity contribution in [2.24, 2.45) is 4.99 Å². The van der Waals surface area contributed by atoms with E-state index >= 15 is 0 Å². The largest absolute Gasteiger partial charge is 0.497 e. The number of aliphatic imine (C=N–C) groups is 1. The van der Waals surface area contributed by atoms with Crippen LogP contribution in [0.2, 0.25) is 0 Å². The van der Waals surface area contributed by atoms with Crippen LogP contribution in [0.15, 0.2) is 63.1 Å². The summed E-state index contributed by atoms with van der Waals surface area (Å²) in [6, 6.07) is 13.8. The molecule has 2 N–H and O–H groups in total. The highest BCUT2D eigenvalue weighted by atomic mass is 127. The first kappa shape index (κ1) is 17.9. The van der Waals surface area contributed by atoms with Gasteiger partial charge in [0.15, 0.2) is 0 Å². The maximum Gasteiger partial charge on any atom is 0.335 e. The van der Waals surface area contributed by atoms with Gasteiger partial charge in [-0.05, 0) is 71.1 Å². The number of aromatic amines is 1. The number of rotatable bonds is 4. The summed E-state index contributed by atoms with van der Waals surface area (Å²) >= 11 is 2.17. The molecule has 8 heteroatoms. The summed E-state index contributed by atoms with van der Waals surface area (Å²) in [6.45, 7) is 0. The fourth-order valence-corrected chi connectivity index (χ4v) is 2.65. The molecule has 0 fully saturated rings.